The van der Waals surface area contributed by atoms with Crippen LogP contribution in [-0.2, 0) is 19.4 Å². The molecule has 154 valence electrons. The summed E-state index contributed by atoms with van der Waals surface area (Å²) >= 11 is 0. The van der Waals surface area contributed by atoms with Crippen molar-refractivity contribution in [2.45, 2.75) is 52.5 Å². The number of H-pyrrole nitrogens is 1. The molecule has 30 heavy (non-hydrogen) atoms. The molecule has 0 bridgehead atoms. The van der Waals surface area contributed by atoms with E-state index in [9.17, 15) is 0 Å². The fourth-order valence-corrected chi connectivity index (χ4v) is 3.49. The number of hydrogen-bond donors (Lipinski definition) is 1. The van der Waals surface area contributed by atoms with E-state index in [4.69, 9.17) is 10.1 Å². The van der Waals surface area contributed by atoms with E-state index in [0.717, 1.165) is 54.1 Å². The van der Waals surface area contributed by atoms with Crippen molar-refractivity contribution in [1.29, 1.82) is 0 Å². The van der Waals surface area contributed by atoms with E-state index in [1.165, 1.54) is 18.4 Å². The van der Waals surface area contributed by atoms with Crippen molar-refractivity contribution in [3.63, 3.8) is 0 Å². The van der Waals surface area contributed by atoms with Crippen molar-refractivity contribution in [3.8, 4) is 22.5 Å². The maximum atomic E-state index is 4.72. The molecule has 8 heteroatoms. The topological polar surface area (TPSA) is 98.1 Å². The molecule has 3 aromatic heterocycles. The van der Waals surface area contributed by atoms with Gasteiger partial charge >= 0.3 is 0 Å². The van der Waals surface area contributed by atoms with Gasteiger partial charge in [0.05, 0.1) is 6.54 Å². The number of aromatic nitrogens is 8. The fourth-order valence-electron chi connectivity index (χ4n) is 3.49. The predicted molar refractivity (Wildman–Crippen MR) is 115 cm³/mol. The van der Waals surface area contributed by atoms with Gasteiger partial charge in [-0.3, -0.25) is 4.98 Å². The SMILES string of the molecule is CCCCCc1nc(CC)nn1Cc1ccc(-c2cnccc2-c2nnn[nH]2)cc1. The van der Waals surface area contributed by atoms with Crippen LogP contribution in [0.2, 0.25) is 0 Å². The van der Waals surface area contributed by atoms with Crippen molar-refractivity contribution in [2.24, 2.45) is 0 Å². The molecule has 0 saturated carbocycles. The van der Waals surface area contributed by atoms with Gasteiger partial charge in [-0.2, -0.15) is 5.10 Å². The molecular weight excluding hydrogens is 376 g/mol. The first-order chi connectivity index (χ1) is 14.8. The first-order valence-corrected chi connectivity index (χ1v) is 10.5. The molecule has 0 fully saturated rings. The average molecular weight is 403 g/mol. The lowest BCUT2D eigenvalue weighted by Gasteiger charge is -2.09. The summed E-state index contributed by atoms with van der Waals surface area (Å²) in [6.45, 7) is 5.04. The van der Waals surface area contributed by atoms with Gasteiger partial charge in [0.25, 0.3) is 0 Å². The standard InChI is InChI=1S/C22H26N8/c1-3-5-6-7-21-24-20(4-2)27-30(21)15-16-8-10-17(11-9-16)19-14-23-13-12-18(19)22-25-28-29-26-22/h8-14H,3-7,15H2,1-2H3,(H,25,26,28,29). The summed E-state index contributed by atoms with van der Waals surface area (Å²) in [5.74, 6) is 2.62. The first kappa shape index (κ1) is 19.9. The van der Waals surface area contributed by atoms with Crippen LogP contribution >= 0.6 is 0 Å². The lowest BCUT2D eigenvalue weighted by atomic mass is 10.0. The van der Waals surface area contributed by atoms with E-state index < -0.39 is 0 Å². The monoisotopic (exact) mass is 402 g/mol. The minimum Gasteiger partial charge on any atom is -0.264 e. The van der Waals surface area contributed by atoms with Crippen molar-refractivity contribution < 1.29 is 0 Å². The number of nitrogens with zero attached hydrogens (tertiary/aromatic N) is 7. The van der Waals surface area contributed by atoms with Crippen molar-refractivity contribution in [2.75, 3.05) is 0 Å². The number of hydrogen-bond acceptors (Lipinski definition) is 6. The molecule has 4 rings (SSSR count). The lowest BCUT2D eigenvalue weighted by Crippen LogP contribution is -2.07. The Hall–Kier alpha value is -3.42. The third kappa shape index (κ3) is 4.42. The summed E-state index contributed by atoms with van der Waals surface area (Å²) in [5, 5.41) is 18.9. The minimum absolute atomic E-state index is 0.628. The maximum Gasteiger partial charge on any atom is 0.180 e. The number of nitrogens with one attached hydrogen (secondary N) is 1. The first-order valence-electron chi connectivity index (χ1n) is 10.5. The van der Waals surface area contributed by atoms with Crippen LogP contribution in [0.3, 0.4) is 0 Å². The number of tetrazole rings is 1. The van der Waals surface area contributed by atoms with Crippen LogP contribution in [0.15, 0.2) is 42.7 Å². The molecular formula is C22H26N8. The lowest BCUT2D eigenvalue weighted by molar-refractivity contribution is 0.604. The number of rotatable bonds is 9. The van der Waals surface area contributed by atoms with Crippen LogP contribution in [0.25, 0.3) is 22.5 Å². The summed E-state index contributed by atoms with van der Waals surface area (Å²) < 4.78 is 2.05. The Labute approximate surface area is 175 Å². The van der Waals surface area contributed by atoms with E-state index in [1.54, 1.807) is 6.20 Å². The third-order valence-corrected chi connectivity index (χ3v) is 5.13. The van der Waals surface area contributed by atoms with Crippen LogP contribution in [-0.4, -0.2) is 40.4 Å². The molecule has 0 atom stereocenters. The average Bonchev–Trinajstić information content (AvgIpc) is 3.45. The molecule has 0 amide bonds. The van der Waals surface area contributed by atoms with Gasteiger partial charge in [0, 0.05) is 36.4 Å². The predicted octanol–water partition coefficient (Wildman–Crippen LogP) is 3.86. The third-order valence-electron chi connectivity index (χ3n) is 5.13. The van der Waals surface area contributed by atoms with Crippen LogP contribution in [0, 0.1) is 0 Å². The molecule has 0 aliphatic heterocycles. The second kappa shape index (κ2) is 9.39. The quantitative estimate of drug-likeness (QED) is 0.427. The van der Waals surface area contributed by atoms with Gasteiger partial charge in [-0.05, 0) is 34.0 Å². The molecule has 0 aliphatic carbocycles. The van der Waals surface area contributed by atoms with Crippen molar-refractivity contribution in [1.82, 2.24) is 40.4 Å². The Bertz CT molecular complexity index is 1070. The molecule has 0 saturated heterocycles. The summed E-state index contributed by atoms with van der Waals surface area (Å²) in [6.07, 6.45) is 8.98. The number of benzene rings is 1. The Morgan fingerprint density at radius 2 is 1.87 bits per heavy atom. The molecule has 8 nitrogen and oxygen atoms in total. The van der Waals surface area contributed by atoms with Crippen molar-refractivity contribution >= 4 is 0 Å². The van der Waals surface area contributed by atoms with Gasteiger partial charge in [0.1, 0.15) is 5.82 Å². The number of aryl methyl sites for hydroxylation is 2. The summed E-state index contributed by atoms with van der Waals surface area (Å²) in [5.41, 5.74) is 4.16. The van der Waals surface area contributed by atoms with Crippen LogP contribution in [0.1, 0.15) is 50.3 Å². The summed E-state index contributed by atoms with van der Waals surface area (Å²) in [6, 6.07) is 10.4. The van der Waals surface area contributed by atoms with E-state index in [-0.39, 0.29) is 0 Å². The Kier molecular flexibility index (Phi) is 6.22. The fraction of sp³-hybridized carbons (Fsp3) is 0.364. The molecule has 0 aliphatic rings. The number of pyridine rings is 1. The summed E-state index contributed by atoms with van der Waals surface area (Å²) in [7, 11) is 0. The largest absolute Gasteiger partial charge is 0.264 e. The normalized spacial score (nSPS) is 11.1. The minimum atomic E-state index is 0.628. The number of aromatic amines is 1. The van der Waals surface area contributed by atoms with Crippen LogP contribution < -0.4 is 0 Å². The molecule has 3 heterocycles. The van der Waals surface area contributed by atoms with Gasteiger partial charge < -0.3 is 0 Å². The van der Waals surface area contributed by atoms with E-state index in [2.05, 4.69) is 68.4 Å². The van der Waals surface area contributed by atoms with Crippen LogP contribution in [0.5, 0.6) is 0 Å². The maximum absolute atomic E-state index is 4.72. The second-order valence-electron chi connectivity index (χ2n) is 7.28. The molecule has 0 spiro atoms. The van der Waals surface area contributed by atoms with Gasteiger partial charge in [-0.15, -0.1) is 5.10 Å². The second-order valence-corrected chi connectivity index (χ2v) is 7.28. The smallest absolute Gasteiger partial charge is 0.180 e. The molecule has 0 unspecified atom stereocenters. The zero-order chi connectivity index (χ0) is 20.8. The molecule has 1 N–H and O–H groups in total. The van der Waals surface area contributed by atoms with Crippen LogP contribution in [0.4, 0.5) is 0 Å². The highest BCUT2D eigenvalue weighted by Crippen LogP contribution is 2.29. The van der Waals surface area contributed by atoms with E-state index in [0.29, 0.717) is 5.82 Å². The van der Waals surface area contributed by atoms with Gasteiger partial charge in [0.15, 0.2) is 11.6 Å². The highest BCUT2D eigenvalue weighted by atomic mass is 15.5. The van der Waals surface area contributed by atoms with Gasteiger partial charge in [0.2, 0.25) is 0 Å². The van der Waals surface area contributed by atoms with Crippen molar-refractivity contribution in [3.05, 3.63) is 59.9 Å². The Morgan fingerprint density at radius 1 is 1.00 bits per heavy atom. The summed E-state index contributed by atoms with van der Waals surface area (Å²) in [4.78, 5) is 9.00. The highest BCUT2D eigenvalue weighted by molar-refractivity contribution is 5.79. The Morgan fingerprint density at radius 3 is 2.60 bits per heavy atom. The van der Waals surface area contributed by atoms with E-state index >= 15 is 0 Å². The molecule has 1 aromatic carbocycles. The zero-order valence-corrected chi connectivity index (χ0v) is 17.4. The number of unbranched alkanes of at least 4 members (excludes halogenated alkanes) is 2. The molecule has 4 aromatic rings. The zero-order valence-electron chi connectivity index (χ0n) is 17.4. The molecule has 0 radical (unpaired) electrons. The van der Waals surface area contributed by atoms with Gasteiger partial charge in [-0.1, -0.05) is 51.0 Å². The van der Waals surface area contributed by atoms with Gasteiger partial charge in [-0.25, -0.2) is 14.8 Å². The Balaban J connectivity index is 1.55. The highest BCUT2D eigenvalue weighted by Gasteiger charge is 2.12. The van der Waals surface area contributed by atoms with E-state index in [1.807, 2.05) is 12.3 Å².